The van der Waals surface area contributed by atoms with Gasteiger partial charge in [0.1, 0.15) is 0 Å². The summed E-state index contributed by atoms with van der Waals surface area (Å²) in [7, 11) is 0. The fourth-order valence-electron chi connectivity index (χ4n) is 4.16. The van der Waals surface area contributed by atoms with Gasteiger partial charge in [0.25, 0.3) is 5.91 Å². The summed E-state index contributed by atoms with van der Waals surface area (Å²) < 4.78 is 0. The first-order chi connectivity index (χ1) is 13.5. The van der Waals surface area contributed by atoms with Crippen LogP contribution >= 0.6 is 0 Å². The van der Waals surface area contributed by atoms with E-state index >= 15 is 0 Å². The molecule has 1 aliphatic heterocycles. The van der Waals surface area contributed by atoms with Gasteiger partial charge in [0.05, 0.1) is 11.5 Å². The van der Waals surface area contributed by atoms with Crippen LogP contribution in [-0.2, 0) is 4.79 Å². The standard InChI is InChI=1S/C23H23NO4/c1-14-6-8-16(9-7-14)21(25)17-4-2-3-5-18(17)22(26)24-12-19(15-10-11-15)20(13-24)23(27)28/h2-9,15,19-20H,10-13H2,1H3,(H,27,28)/t19-,20+/m1/s1. The van der Waals surface area contributed by atoms with Crippen molar-refractivity contribution in [2.45, 2.75) is 19.8 Å². The first kappa shape index (κ1) is 18.4. The number of aliphatic carboxylic acids is 1. The van der Waals surface area contributed by atoms with Crippen LogP contribution in [0.25, 0.3) is 0 Å². The van der Waals surface area contributed by atoms with Gasteiger partial charge in [-0.25, -0.2) is 0 Å². The van der Waals surface area contributed by atoms with Crippen LogP contribution in [0.5, 0.6) is 0 Å². The Morgan fingerprint density at radius 2 is 1.57 bits per heavy atom. The molecule has 1 N–H and O–H groups in total. The third kappa shape index (κ3) is 3.44. The van der Waals surface area contributed by atoms with Crippen molar-refractivity contribution in [3.05, 3.63) is 70.8 Å². The number of hydrogen-bond donors (Lipinski definition) is 1. The van der Waals surface area contributed by atoms with E-state index in [0.29, 0.717) is 29.2 Å². The lowest BCUT2D eigenvalue weighted by Crippen LogP contribution is -2.31. The van der Waals surface area contributed by atoms with E-state index in [1.54, 1.807) is 41.3 Å². The summed E-state index contributed by atoms with van der Waals surface area (Å²) in [5.74, 6) is -1.39. The van der Waals surface area contributed by atoms with E-state index in [2.05, 4.69) is 0 Å². The predicted octanol–water partition coefficient (Wildman–Crippen LogP) is 3.41. The van der Waals surface area contributed by atoms with Gasteiger partial charge in [-0.2, -0.15) is 0 Å². The van der Waals surface area contributed by atoms with Crippen LogP contribution in [0, 0.1) is 24.7 Å². The smallest absolute Gasteiger partial charge is 0.308 e. The van der Waals surface area contributed by atoms with Gasteiger partial charge in [0.15, 0.2) is 5.78 Å². The van der Waals surface area contributed by atoms with Gasteiger partial charge in [0, 0.05) is 24.2 Å². The van der Waals surface area contributed by atoms with Crippen molar-refractivity contribution < 1.29 is 19.5 Å². The molecule has 1 aliphatic carbocycles. The average Bonchev–Trinajstić information content (AvgIpc) is 3.45. The van der Waals surface area contributed by atoms with E-state index in [9.17, 15) is 19.5 Å². The van der Waals surface area contributed by atoms with Crippen molar-refractivity contribution in [2.75, 3.05) is 13.1 Å². The van der Waals surface area contributed by atoms with E-state index < -0.39 is 11.9 Å². The Kier molecular flexibility index (Phi) is 4.75. The van der Waals surface area contributed by atoms with Crippen molar-refractivity contribution in [3.8, 4) is 0 Å². The fraction of sp³-hybridized carbons (Fsp3) is 0.348. The van der Waals surface area contributed by atoms with Crippen molar-refractivity contribution in [3.63, 3.8) is 0 Å². The minimum absolute atomic E-state index is 0.0152. The molecule has 0 spiro atoms. The number of amides is 1. The molecule has 144 valence electrons. The Labute approximate surface area is 164 Å². The highest BCUT2D eigenvalue weighted by molar-refractivity contribution is 6.15. The first-order valence-electron chi connectivity index (χ1n) is 9.68. The SMILES string of the molecule is Cc1ccc(C(=O)c2ccccc2C(=O)N2C[C@H](C(=O)O)[C@@H](C3CC3)C2)cc1. The molecule has 1 amide bonds. The molecule has 2 aromatic rings. The molecule has 1 saturated carbocycles. The highest BCUT2D eigenvalue weighted by Gasteiger charge is 2.47. The van der Waals surface area contributed by atoms with E-state index in [-0.39, 0.29) is 24.2 Å². The van der Waals surface area contributed by atoms with Gasteiger partial charge < -0.3 is 10.0 Å². The number of carboxylic acid groups (broad SMARTS) is 1. The summed E-state index contributed by atoms with van der Waals surface area (Å²) in [5.41, 5.74) is 2.29. The zero-order valence-corrected chi connectivity index (χ0v) is 15.8. The lowest BCUT2D eigenvalue weighted by atomic mass is 9.92. The van der Waals surface area contributed by atoms with E-state index in [1.807, 2.05) is 19.1 Å². The highest BCUT2D eigenvalue weighted by Crippen LogP contribution is 2.44. The second kappa shape index (κ2) is 7.23. The lowest BCUT2D eigenvalue weighted by molar-refractivity contribution is -0.142. The van der Waals surface area contributed by atoms with E-state index in [1.165, 1.54) is 0 Å². The Morgan fingerprint density at radius 3 is 2.18 bits per heavy atom. The van der Waals surface area contributed by atoms with Crippen LogP contribution in [0.4, 0.5) is 0 Å². The Hall–Kier alpha value is -2.95. The number of carbonyl (C=O) groups excluding carboxylic acids is 2. The summed E-state index contributed by atoms with van der Waals surface area (Å²) in [6, 6.07) is 14.1. The molecule has 2 atom stereocenters. The number of likely N-dealkylation sites (tertiary alicyclic amines) is 1. The molecule has 2 aromatic carbocycles. The minimum Gasteiger partial charge on any atom is -0.481 e. The molecule has 0 unspecified atom stereocenters. The first-order valence-corrected chi connectivity index (χ1v) is 9.68. The molecule has 2 fully saturated rings. The van der Waals surface area contributed by atoms with Crippen molar-refractivity contribution in [2.24, 2.45) is 17.8 Å². The van der Waals surface area contributed by atoms with Crippen molar-refractivity contribution in [1.82, 2.24) is 4.90 Å². The largest absolute Gasteiger partial charge is 0.481 e. The Morgan fingerprint density at radius 1 is 0.929 bits per heavy atom. The minimum atomic E-state index is -0.837. The Balaban J connectivity index is 1.61. The second-order valence-corrected chi connectivity index (χ2v) is 7.90. The van der Waals surface area contributed by atoms with Crippen LogP contribution in [0.15, 0.2) is 48.5 Å². The maximum atomic E-state index is 13.2. The molecule has 5 heteroatoms. The molecule has 28 heavy (non-hydrogen) atoms. The van der Waals surface area contributed by atoms with Crippen molar-refractivity contribution >= 4 is 17.7 Å². The number of ketones is 1. The number of carboxylic acids is 1. The quantitative estimate of drug-likeness (QED) is 0.811. The van der Waals surface area contributed by atoms with Crippen LogP contribution in [0.3, 0.4) is 0 Å². The maximum absolute atomic E-state index is 13.2. The van der Waals surface area contributed by atoms with E-state index in [0.717, 1.165) is 18.4 Å². The van der Waals surface area contributed by atoms with Crippen LogP contribution in [0.2, 0.25) is 0 Å². The number of aryl methyl sites for hydroxylation is 1. The van der Waals surface area contributed by atoms with Crippen LogP contribution in [0.1, 0.15) is 44.7 Å². The molecule has 0 aromatic heterocycles. The third-order valence-electron chi connectivity index (χ3n) is 5.91. The normalized spacial score (nSPS) is 21.5. The molecular formula is C23H23NO4. The highest BCUT2D eigenvalue weighted by atomic mass is 16.4. The molecule has 5 nitrogen and oxygen atoms in total. The molecule has 1 saturated heterocycles. The molecule has 1 heterocycles. The molecule has 2 aliphatic rings. The van der Waals surface area contributed by atoms with Crippen molar-refractivity contribution in [1.29, 1.82) is 0 Å². The van der Waals surface area contributed by atoms with Gasteiger partial charge >= 0.3 is 5.97 Å². The number of benzene rings is 2. The topological polar surface area (TPSA) is 74.7 Å². The van der Waals surface area contributed by atoms with Gasteiger partial charge in [-0.05, 0) is 37.7 Å². The molecule has 4 rings (SSSR count). The Bertz CT molecular complexity index is 930. The summed E-state index contributed by atoms with van der Waals surface area (Å²) in [5, 5.41) is 9.55. The van der Waals surface area contributed by atoms with Crippen LogP contribution < -0.4 is 0 Å². The monoisotopic (exact) mass is 377 g/mol. The van der Waals surface area contributed by atoms with Gasteiger partial charge in [0.2, 0.25) is 0 Å². The molecule has 0 bridgehead atoms. The number of carbonyl (C=O) groups is 3. The van der Waals surface area contributed by atoms with Gasteiger partial charge in [-0.1, -0.05) is 48.0 Å². The third-order valence-corrected chi connectivity index (χ3v) is 5.91. The number of rotatable bonds is 5. The van der Waals surface area contributed by atoms with E-state index in [4.69, 9.17) is 0 Å². The van der Waals surface area contributed by atoms with Gasteiger partial charge in [-0.3, -0.25) is 14.4 Å². The summed E-state index contributed by atoms with van der Waals surface area (Å²) in [6.07, 6.45) is 2.08. The molecular weight excluding hydrogens is 354 g/mol. The zero-order valence-electron chi connectivity index (χ0n) is 15.8. The lowest BCUT2D eigenvalue weighted by Gasteiger charge is -2.18. The predicted molar refractivity (Wildman–Crippen MR) is 104 cm³/mol. The van der Waals surface area contributed by atoms with Gasteiger partial charge in [-0.15, -0.1) is 0 Å². The van der Waals surface area contributed by atoms with Crippen LogP contribution in [-0.4, -0.2) is 40.8 Å². The number of hydrogen-bond acceptors (Lipinski definition) is 3. The second-order valence-electron chi connectivity index (χ2n) is 7.90. The zero-order chi connectivity index (χ0) is 19.8. The maximum Gasteiger partial charge on any atom is 0.308 e. The summed E-state index contributed by atoms with van der Waals surface area (Å²) >= 11 is 0. The average molecular weight is 377 g/mol. The molecule has 0 radical (unpaired) electrons. The summed E-state index contributed by atoms with van der Waals surface area (Å²) in [4.78, 5) is 39.4. The number of nitrogens with zero attached hydrogens (tertiary/aromatic N) is 1. The summed E-state index contributed by atoms with van der Waals surface area (Å²) in [6.45, 7) is 2.62. The fourth-order valence-corrected chi connectivity index (χ4v) is 4.16.